The Kier molecular flexibility index (Phi) is 29.0. The Labute approximate surface area is 532 Å². The van der Waals surface area contributed by atoms with Gasteiger partial charge in [-0.25, -0.2) is 0 Å². The van der Waals surface area contributed by atoms with Gasteiger partial charge in [-0.05, 0) is 6.92 Å². The van der Waals surface area contributed by atoms with Crippen LogP contribution in [0.25, 0.3) is 0 Å². The molecule has 0 aliphatic carbocycles. The van der Waals surface area contributed by atoms with Crippen LogP contribution in [0.4, 0.5) is 0 Å². The second kappa shape index (κ2) is 34.7. The van der Waals surface area contributed by atoms with Gasteiger partial charge < -0.3 is 200 Å². The molecule has 39 atom stereocenters. The van der Waals surface area contributed by atoms with Crippen molar-refractivity contribution in [2.45, 2.75) is 260 Å². The number of carbonyl (C=O) groups excluding carboxylic acids is 2. The van der Waals surface area contributed by atoms with Crippen molar-refractivity contribution in [3.05, 3.63) is 0 Å². The normalized spacial score (nSPS) is 47.7. The standard InChI is InChI=1S/C52H90N2O40/c1-12-24(63)32(71)36(75)47(84-12)81-9-16(62)42(25(64)15(4-55)53-13(2)60)91-46-23(54-14(3)61)31(70)43(20(8-59)88-46)92-52-41(80)45(94-51-39(78)35(74)28(67)19(7-58)87-51)30(69)22(90-52)11-83-49-40(79)44(93-50-38(77)34(73)27(66)18(6-57)86-50)29(68)21(89-49)10-82-48-37(76)33(72)26(65)17(5-56)85-48/h12,15-52,55-59,62-80H,4-11H2,1-3H3,(H,53,60)(H,54,61)/t12-,15-,16+,17+,18+,19+,20+,21+,22+,23+,24+,25+,26+,27+,28+,29+,30+,31+,32+,33-,34-,35-,36-,37-,38-,39-,40-,41-,42+,43+,44-,45-,46-,47+,48-,49-,50+,51+,52-/m0/s1. The van der Waals surface area contributed by atoms with Crippen molar-refractivity contribution >= 4 is 11.8 Å². The molecule has 0 aromatic carbocycles. The van der Waals surface area contributed by atoms with E-state index < -0.39 is 304 Å². The summed E-state index contributed by atoms with van der Waals surface area (Å²) in [5, 5.41) is 265. The van der Waals surface area contributed by atoms with Crippen LogP contribution >= 0.6 is 0 Å². The Bertz CT molecular complexity index is 2310. The first-order chi connectivity index (χ1) is 44.3. The Hall–Kier alpha value is -2.58. The number of nitrogens with one attached hydrogen (secondary N) is 2. The first-order valence-corrected chi connectivity index (χ1v) is 29.9. The van der Waals surface area contributed by atoms with E-state index in [1.54, 1.807) is 0 Å². The van der Waals surface area contributed by atoms with Crippen molar-refractivity contribution in [1.29, 1.82) is 0 Å². The SMILES string of the molecule is CC(=O)N[C@H]1[C@H](O[C@@H]([C@H](O)[C@H](CO)NC(C)=O)[C@H](O)CO[C@@H]2O[C@@H](C)[C@@H](O)[C@@H](O)[C@@H]2O)O[C@H](CO)[C@@H](O[C@@H]2O[C@H](CO[C@H]3O[C@H](CO[C@H]4O[C@H](CO)[C@@H](O)[C@H](O)[C@@H]4O)[C@@H](O)[C@H](O[C@H]4O[C@H](CO)[C@@H](O)[C@H](O)[C@@H]4O)[C@@H]3O)[C@@H](O)[C@H](O[C@H]3O[C@H](CO)[C@@H](O)[C@H](O)[C@@H]3O)[C@@H]2O)[C@@H]1O. The third-order valence-electron chi connectivity index (χ3n) is 17.0. The topological polar surface area (TPSA) is 673 Å². The van der Waals surface area contributed by atoms with Crippen LogP contribution in [-0.2, 0) is 75.9 Å². The van der Waals surface area contributed by atoms with Crippen LogP contribution in [0.1, 0.15) is 20.8 Å². The van der Waals surface area contributed by atoms with Crippen molar-refractivity contribution in [3.8, 4) is 0 Å². The summed E-state index contributed by atoms with van der Waals surface area (Å²) in [7, 11) is 0. The lowest BCUT2D eigenvalue weighted by molar-refractivity contribution is -0.386. The van der Waals surface area contributed by atoms with Crippen LogP contribution < -0.4 is 10.6 Å². The van der Waals surface area contributed by atoms with Gasteiger partial charge in [-0.2, -0.15) is 0 Å². The van der Waals surface area contributed by atoms with Crippen molar-refractivity contribution in [3.63, 3.8) is 0 Å². The van der Waals surface area contributed by atoms with Gasteiger partial charge in [-0.15, -0.1) is 0 Å². The number of aliphatic hydroxyl groups is 24. The molecular formula is C52H90N2O40. The summed E-state index contributed by atoms with van der Waals surface area (Å²) >= 11 is 0. The van der Waals surface area contributed by atoms with Crippen molar-refractivity contribution in [1.82, 2.24) is 10.6 Å². The maximum Gasteiger partial charge on any atom is 0.217 e. The molecule has 7 aliphatic heterocycles. The highest BCUT2D eigenvalue weighted by atomic mass is 16.8. The molecule has 2 amide bonds. The van der Waals surface area contributed by atoms with Gasteiger partial charge in [0.15, 0.2) is 44.0 Å². The molecule has 42 heteroatoms. The van der Waals surface area contributed by atoms with Gasteiger partial charge in [0.1, 0.15) is 183 Å². The molecule has 7 heterocycles. The highest BCUT2D eigenvalue weighted by Gasteiger charge is 2.58. The van der Waals surface area contributed by atoms with Crippen LogP contribution in [0.2, 0.25) is 0 Å². The second-order valence-electron chi connectivity index (χ2n) is 23.7. The number of ether oxygens (including phenoxy) is 14. The number of hydrogen-bond acceptors (Lipinski definition) is 40. The molecule has 0 radical (unpaired) electrons. The first-order valence-electron chi connectivity index (χ1n) is 29.9. The van der Waals surface area contributed by atoms with Gasteiger partial charge >= 0.3 is 0 Å². The summed E-state index contributed by atoms with van der Waals surface area (Å²) in [5.74, 6) is -1.78. The molecule has 7 saturated heterocycles. The summed E-state index contributed by atoms with van der Waals surface area (Å²) in [6.07, 6.45) is -74.3. The van der Waals surface area contributed by atoms with E-state index in [-0.39, 0.29) is 0 Å². The highest BCUT2D eigenvalue weighted by Crippen LogP contribution is 2.37. The lowest BCUT2D eigenvalue weighted by atomic mass is 9.94. The molecular weight excluding hydrogens is 1290 g/mol. The fourth-order valence-electron chi connectivity index (χ4n) is 11.5. The lowest BCUT2D eigenvalue weighted by Crippen LogP contribution is -2.69. The largest absolute Gasteiger partial charge is 0.394 e. The van der Waals surface area contributed by atoms with E-state index >= 15 is 0 Å². The predicted molar refractivity (Wildman–Crippen MR) is 288 cm³/mol. The number of carbonyl (C=O) groups is 2. The molecule has 548 valence electrons. The molecule has 94 heavy (non-hydrogen) atoms. The third kappa shape index (κ3) is 17.8. The summed E-state index contributed by atoms with van der Waals surface area (Å²) in [6, 6.07) is -3.64. The molecule has 7 aliphatic rings. The summed E-state index contributed by atoms with van der Waals surface area (Å²) < 4.78 is 80.1. The fourth-order valence-corrected chi connectivity index (χ4v) is 11.5. The van der Waals surface area contributed by atoms with Crippen molar-refractivity contribution in [2.24, 2.45) is 0 Å². The van der Waals surface area contributed by atoms with Gasteiger partial charge in [0.25, 0.3) is 0 Å². The number of amides is 2. The van der Waals surface area contributed by atoms with E-state index in [1.807, 2.05) is 0 Å². The monoisotopic (exact) mass is 1380 g/mol. The minimum absolute atomic E-state index is 0.821. The maximum absolute atomic E-state index is 12.9. The Morgan fingerprint density at radius 3 is 1.21 bits per heavy atom. The van der Waals surface area contributed by atoms with Crippen LogP contribution in [0, 0.1) is 0 Å². The first kappa shape index (κ1) is 78.8. The fraction of sp³-hybridized carbons (Fsp3) is 0.962. The molecule has 7 fully saturated rings. The quantitative estimate of drug-likeness (QED) is 0.0363. The molecule has 0 aromatic heterocycles. The van der Waals surface area contributed by atoms with E-state index in [4.69, 9.17) is 66.3 Å². The molecule has 0 spiro atoms. The van der Waals surface area contributed by atoms with Gasteiger partial charge in [-0.3, -0.25) is 9.59 Å². The Balaban J connectivity index is 1.18. The Morgan fingerprint density at radius 2 is 0.766 bits per heavy atom. The van der Waals surface area contributed by atoms with E-state index in [9.17, 15) is 132 Å². The van der Waals surface area contributed by atoms with E-state index in [0.29, 0.717) is 0 Å². The van der Waals surface area contributed by atoms with Gasteiger partial charge in [0.2, 0.25) is 11.8 Å². The van der Waals surface area contributed by atoms with Gasteiger partial charge in [0, 0.05) is 13.8 Å². The highest BCUT2D eigenvalue weighted by molar-refractivity contribution is 5.73. The molecule has 0 aromatic rings. The van der Waals surface area contributed by atoms with Crippen molar-refractivity contribution < 1.29 is 198 Å². The number of aliphatic hydroxyl groups excluding tert-OH is 24. The van der Waals surface area contributed by atoms with E-state index in [0.717, 1.165) is 13.8 Å². The van der Waals surface area contributed by atoms with Crippen LogP contribution in [-0.4, -0.2) is 426 Å². The zero-order valence-corrected chi connectivity index (χ0v) is 50.4. The Morgan fingerprint density at radius 1 is 0.394 bits per heavy atom. The third-order valence-corrected chi connectivity index (χ3v) is 17.0. The molecule has 0 bridgehead atoms. The summed E-state index contributed by atoms with van der Waals surface area (Å²) in [5.41, 5.74) is 0. The zero-order chi connectivity index (χ0) is 69.6. The number of rotatable bonds is 27. The van der Waals surface area contributed by atoms with Gasteiger partial charge in [-0.1, -0.05) is 0 Å². The summed E-state index contributed by atoms with van der Waals surface area (Å²) in [4.78, 5) is 25.1. The minimum atomic E-state index is -2.41. The zero-order valence-electron chi connectivity index (χ0n) is 50.4. The van der Waals surface area contributed by atoms with E-state index in [2.05, 4.69) is 10.6 Å². The number of hydrogen-bond donors (Lipinski definition) is 26. The van der Waals surface area contributed by atoms with E-state index in [1.165, 1.54) is 6.92 Å². The average Bonchev–Trinajstić information content (AvgIpc) is 0.778. The lowest BCUT2D eigenvalue weighted by Gasteiger charge is -2.50. The minimum Gasteiger partial charge on any atom is -0.394 e. The molecule has 0 saturated carbocycles. The van der Waals surface area contributed by atoms with Crippen LogP contribution in [0.15, 0.2) is 0 Å². The predicted octanol–water partition coefficient (Wildman–Crippen LogP) is -17.5. The van der Waals surface area contributed by atoms with Crippen LogP contribution in [0.3, 0.4) is 0 Å². The van der Waals surface area contributed by atoms with Crippen molar-refractivity contribution in [2.75, 3.05) is 52.9 Å². The van der Waals surface area contributed by atoms with Crippen LogP contribution in [0.5, 0.6) is 0 Å². The smallest absolute Gasteiger partial charge is 0.217 e. The average molecular weight is 1380 g/mol. The second-order valence-corrected chi connectivity index (χ2v) is 23.7. The summed E-state index contributed by atoms with van der Waals surface area (Å²) in [6.45, 7) is -4.94. The van der Waals surface area contributed by atoms with Gasteiger partial charge in [0.05, 0.1) is 65.0 Å². The molecule has 7 rings (SSSR count). The maximum atomic E-state index is 12.9. The molecule has 26 N–H and O–H groups in total. The molecule has 42 nitrogen and oxygen atoms in total. The molecule has 0 unspecified atom stereocenters.